The van der Waals surface area contributed by atoms with Crippen LogP contribution in [0.25, 0.3) is 0 Å². The second-order valence-corrected chi connectivity index (χ2v) is 9.25. The Morgan fingerprint density at radius 3 is 2.65 bits per heavy atom. The molecule has 0 spiro atoms. The lowest BCUT2D eigenvalue weighted by molar-refractivity contribution is 0.112. The minimum atomic E-state index is 0.316. The van der Waals surface area contributed by atoms with Gasteiger partial charge in [-0.15, -0.1) is 0 Å². The first kappa shape index (κ1) is 20.3. The van der Waals surface area contributed by atoms with Gasteiger partial charge < -0.3 is 15.4 Å². The van der Waals surface area contributed by atoms with Crippen LogP contribution in [-0.2, 0) is 4.74 Å². The quantitative estimate of drug-likeness (QED) is 0.346. The van der Waals surface area contributed by atoms with Crippen LogP contribution in [0.1, 0.15) is 51.9 Å². The van der Waals surface area contributed by atoms with Crippen LogP contribution >= 0.6 is 11.8 Å². The van der Waals surface area contributed by atoms with Crippen molar-refractivity contribution in [1.82, 2.24) is 15.5 Å². The maximum atomic E-state index is 5.73. The summed E-state index contributed by atoms with van der Waals surface area (Å²) in [5.41, 5.74) is 0.316. The molecule has 0 bridgehead atoms. The van der Waals surface area contributed by atoms with Crippen molar-refractivity contribution in [2.45, 2.75) is 57.4 Å². The van der Waals surface area contributed by atoms with Gasteiger partial charge in [0.25, 0.3) is 0 Å². The van der Waals surface area contributed by atoms with E-state index in [-0.39, 0.29) is 0 Å². The van der Waals surface area contributed by atoms with E-state index >= 15 is 0 Å². The molecule has 1 heterocycles. The molecule has 6 heteroatoms. The highest BCUT2D eigenvalue weighted by molar-refractivity contribution is 7.99. The highest BCUT2D eigenvalue weighted by Crippen LogP contribution is 2.37. The van der Waals surface area contributed by atoms with E-state index < -0.39 is 0 Å². The van der Waals surface area contributed by atoms with E-state index in [4.69, 9.17) is 9.73 Å². The van der Waals surface area contributed by atoms with E-state index in [1.165, 1.54) is 63.1 Å². The molecular weight excluding hydrogens is 344 g/mol. The van der Waals surface area contributed by atoms with Crippen LogP contribution in [0.2, 0.25) is 0 Å². The van der Waals surface area contributed by atoms with Crippen molar-refractivity contribution in [3.05, 3.63) is 0 Å². The van der Waals surface area contributed by atoms with Crippen LogP contribution < -0.4 is 10.6 Å². The summed E-state index contributed by atoms with van der Waals surface area (Å²) in [4.78, 5) is 7.75. The minimum absolute atomic E-state index is 0.316. The molecule has 0 unspecified atom stereocenters. The minimum Gasteiger partial charge on any atom is -0.381 e. The zero-order chi connectivity index (χ0) is 18.1. The number of nitrogens with one attached hydrogen (secondary N) is 2. The summed E-state index contributed by atoms with van der Waals surface area (Å²) in [6.07, 6.45) is 9.14. The number of hydrogen-bond donors (Lipinski definition) is 2. The van der Waals surface area contributed by atoms with Crippen molar-refractivity contribution in [3.63, 3.8) is 0 Å². The smallest absolute Gasteiger partial charge is 0.191 e. The monoisotopic (exact) mass is 382 g/mol. The summed E-state index contributed by atoms with van der Waals surface area (Å²) >= 11 is 2.10. The summed E-state index contributed by atoms with van der Waals surface area (Å²) in [5, 5.41) is 6.93. The first-order chi connectivity index (χ1) is 12.8. The van der Waals surface area contributed by atoms with Crippen LogP contribution in [-0.4, -0.2) is 73.8 Å². The molecule has 3 rings (SSSR count). The topological polar surface area (TPSA) is 48.9 Å². The lowest BCUT2D eigenvalue weighted by Gasteiger charge is -2.42. The zero-order valence-corrected chi connectivity index (χ0v) is 17.4. The molecule has 2 aliphatic carbocycles. The number of nitrogens with zero attached hydrogens (tertiary/aromatic N) is 2. The van der Waals surface area contributed by atoms with Crippen LogP contribution in [0, 0.1) is 5.92 Å². The fourth-order valence-corrected chi connectivity index (χ4v) is 5.03. The van der Waals surface area contributed by atoms with Gasteiger partial charge in [0.2, 0.25) is 0 Å². The summed E-state index contributed by atoms with van der Waals surface area (Å²) in [6, 6.07) is 0. The van der Waals surface area contributed by atoms with Crippen molar-refractivity contribution in [2.24, 2.45) is 10.9 Å². The molecule has 0 atom stereocenters. The molecule has 0 aromatic carbocycles. The average Bonchev–Trinajstić information content (AvgIpc) is 3.38. The van der Waals surface area contributed by atoms with Crippen LogP contribution in [0.3, 0.4) is 0 Å². The molecule has 0 radical (unpaired) electrons. The summed E-state index contributed by atoms with van der Waals surface area (Å²) in [6.45, 7) is 9.23. The molecule has 0 aromatic heterocycles. The second kappa shape index (κ2) is 10.8. The van der Waals surface area contributed by atoms with E-state index in [1.54, 1.807) is 0 Å². The van der Waals surface area contributed by atoms with Gasteiger partial charge in [0.05, 0.1) is 6.54 Å². The lowest BCUT2D eigenvalue weighted by Crippen LogP contribution is -2.53. The predicted molar refractivity (Wildman–Crippen MR) is 112 cm³/mol. The molecule has 0 aromatic rings. The maximum Gasteiger partial charge on any atom is 0.191 e. The van der Waals surface area contributed by atoms with Crippen molar-refractivity contribution >= 4 is 17.7 Å². The third-order valence-corrected chi connectivity index (χ3v) is 6.84. The van der Waals surface area contributed by atoms with Gasteiger partial charge in [-0.2, -0.15) is 11.8 Å². The standard InChI is InChI=1S/C20H38N4OS/c1-2-21-19(22-10-5-13-25-16-18-6-7-18)23-17-20(8-3-4-9-20)24-11-14-26-15-12-24/h18H,2-17H2,1H3,(H2,21,22,23). The van der Waals surface area contributed by atoms with Gasteiger partial charge in [-0.3, -0.25) is 9.89 Å². The van der Waals surface area contributed by atoms with Gasteiger partial charge >= 0.3 is 0 Å². The maximum absolute atomic E-state index is 5.73. The first-order valence-corrected chi connectivity index (χ1v) is 11.9. The second-order valence-electron chi connectivity index (χ2n) is 8.02. The van der Waals surface area contributed by atoms with Crippen molar-refractivity contribution < 1.29 is 4.74 Å². The Morgan fingerprint density at radius 1 is 1.19 bits per heavy atom. The van der Waals surface area contributed by atoms with Crippen LogP contribution in [0.5, 0.6) is 0 Å². The van der Waals surface area contributed by atoms with Crippen molar-refractivity contribution in [3.8, 4) is 0 Å². The van der Waals surface area contributed by atoms with Crippen molar-refractivity contribution in [1.29, 1.82) is 0 Å². The Balaban J connectivity index is 1.44. The number of thioether (sulfide) groups is 1. The molecule has 3 fully saturated rings. The molecule has 3 aliphatic rings. The summed E-state index contributed by atoms with van der Waals surface area (Å²) < 4.78 is 5.73. The largest absolute Gasteiger partial charge is 0.381 e. The highest BCUT2D eigenvalue weighted by atomic mass is 32.2. The Kier molecular flexibility index (Phi) is 8.40. The van der Waals surface area contributed by atoms with E-state index in [9.17, 15) is 0 Å². The Bertz CT molecular complexity index is 430. The van der Waals surface area contributed by atoms with Crippen LogP contribution in [0.15, 0.2) is 4.99 Å². The molecule has 150 valence electrons. The summed E-state index contributed by atoms with van der Waals surface area (Å²) in [5.74, 6) is 4.40. The van der Waals surface area contributed by atoms with Gasteiger partial charge in [0, 0.05) is 56.4 Å². The Labute approximate surface area is 164 Å². The molecular formula is C20H38N4OS. The number of hydrogen-bond acceptors (Lipinski definition) is 4. The fraction of sp³-hybridized carbons (Fsp3) is 0.950. The lowest BCUT2D eigenvalue weighted by atomic mass is 9.95. The Morgan fingerprint density at radius 2 is 1.96 bits per heavy atom. The normalized spacial score (nSPS) is 24.0. The molecule has 0 amide bonds. The number of rotatable bonds is 10. The number of guanidine groups is 1. The third-order valence-electron chi connectivity index (χ3n) is 5.90. The highest BCUT2D eigenvalue weighted by Gasteiger charge is 2.39. The molecule has 26 heavy (non-hydrogen) atoms. The first-order valence-electron chi connectivity index (χ1n) is 10.8. The van der Waals surface area contributed by atoms with Gasteiger partial charge in [0.15, 0.2) is 5.96 Å². The molecule has 2 N–H and O–H groups in total. The van der Waals surface area contributed by atoms with E-state index in [0.29, 0.717) is 5.54 Å². The molecule has 1 aliphatic heterocycles. The van der Waals surface area contributed by atoms with Gasteiger partial charge in [-0.1, -0.05) is 12.8 Å². The fourth-order valence-electron chi connectivity index (χ4n) is 4.13. The number of ether oxygens (including phenoxy) is 1. The van der Waals surface area contributed by atoms with E-state index in [2.05, 4.69) is 34.2 Å². The summed E-state index contributed by atoms with van der Waals surface area (Å²) in [7, 11) is 0. The van der Waals surface area contributed by atoms with Gasteiger partial charge in [0.1, 0.15) is 0 Å². The van der Waals surface area contributed by atoms with Crippen molar-refractivity contribution in [2.75, 3.05) is 57.4 Å². The zero-order valence-electron chi connectivity index (χ0n) is 16.6. The Hall–Kier alpha value is -0.460. The number of aliphatic imine (C=N–C) groups is 1. The van der Waals surface area contributed by atoms with E-state index in [1.807, 2.05) is 0 Å². The van der Waals surface area contributed by atoms with E-state index in [0.717, 1.165) is 51.1 Å². The van der Waals surface area contributed by atoms with Crippen LogP contribution in [0.4, 0.5) is 0 Å². The molecule has 2 saturated carbocycles. The van der Waals surface area contributed by atoms with Gasteiger partial charge in [-0.25, -0.2) is 0 Å². The molecule has 5 nitrogen and oxygen atoms in total. The SMILES string of the molecule is CCNC(=NCC1(N2CCSCC2)CCCC1)NCCCOCC1CC1. The van der Waals surface area contributed by atoms with Gasteiger partial charge in [-0.05, 0) is 44.9 Å². The third kappa shape index (κ3) is 6.31. The predicted octanol–water partition coefficient (Wildman–Crippen LogP) is 2.72. The molecule has 1 saturated heterocycles. The average molecular weight is 383 g/mol.